The van der Waals surface area contributed by atoms with Crippen LogP contribution in [0.3, 0.4) is 0 Å². The van der Waals surface area contributed by atoms with Crippen LogP contribution in [0.15, 0.2) is 54.6 Å². The van der Waals surface area contributed by atoms with Gasteiger partial charge in [-0.1, -0.05) is 30.3 Å². The van der Waals surface area contributed by atoms with Crippen LogP contribution in [0.5, 0.6) is 11.5 Å². The average molecular weight is 252 g/mol. The summed E-state index contributed by atoms with van der Waals surface area (Å²) in [6.07, 6.45) is 2.94. The van der Waals surface area contributed by atoms with Crippen molar-refractivity contribution >= 4 is 0 Å². The minimum absolute atomic E-state index is 0.732. The van der Waals surface area contributed by atoms with Crippen molar-refractivity contribution in [2.75, 3.05) is 13.6 Å². The van der Waals surface area contributed by atoms with Crippen molar-refractivity contribution in [3.63, 3.8) is 0 Å². The number of likely N-dealkylation sites (N-methyl/N-ethyl adjacent to an activating group) is 1. The second-order valence-corrected chi connectivity index (χ2v) is 4.33. The molecule has 0 aromatic heterocycles. The van der Waals surface area contributed by atoms with E-state index in [1.165, 1.54) is 5.56 Å². The predicted octanol–water partition coefficient (Wildman–Crippen LogP) is 3.43. The van der Waals surface area contributed by atoms with Gasteiger partial charge in [0, 0.05) is 13.6 Å². The van der Waals surface area contributed by atoms with E-state index in [-0.39, 0.29) is 0 Å². The van der Waals surface area contributed by atoms with Crippen LogP contribution in [0.2, 0.25) is 0 Å². The molecule has 0 heterocycles. The topological polar surface area (TPSA) is 36.3 Å². The fraction of sp³-hybridized carbons (Fsp3) is 0.188. The molecule has 0 N–H and O–H groups in total. The summed E-state index contributed by atoms with van der Waals surface area (Å²) in [4.78, 5) is 1.62. The van der Waals surface area contributed by atoms with Crippen LogP contribution in [0.4, 0.5) is 0 Å². The third kappa shape index (κ3) is 4.04. The van der Waals surface area contributed by atoms with Gasteiger partial charge in [-0.15, -0.1) is 0 Å². The van der Waals surface area contributed by atoms with Gasteiger partial charge in [-0.05, 0) is 36.2 Å². The van der Waals surface area contributed by atoms with Crippen LogP contribution in [-0.4, -0.2) is 18.5 Å². The smallest absolute Gasteiger partial charge is 0.179 e. The molecule has 2 rings (SSSR count). The first-order valence-corrected chi connectivity index (χ1v) is 6.20. The highest BCUT2D eigenvalue weighted by molar-refractivity contribution is 5.33. The van der Waals surface area contributed by atoms with Crippen molar-refractivity contribution in [2.24, 2.45) is 0 Å². The highest BCUT2D eigenvalue weighted by Crippen LogP contribution is 2.21. The van der Waals surface area contributed by atoms with Crippen LogP contribution in [0.25, 0.3) is 0 Å². The standard InChI is InChI=1S/C16H16N2O/c1-18(13-17)12-11-14-7-9-16(10-8-14)19-15-5-3-2-4-6-15/h2-10H,11-12H2,1H3. The number of hydrogen-bond acceptors (Lipinski definition) is 3. The molecule has 0 aliphatic rings. The number of ether oxygens (including phenoxy) is 1. The first-order valence-electron chi connectivity index (χ1n) is 6.20. The molecule has 0 saturated carbocycles. The monoisotopic (exact) mass is 252 g/mol. The van der Waals surface area contributed by atoms with Crippen molar-refractivity contribution in [2.45, 2.75) is 6.42 Å². The molecule has 3 heteroatoms. The number of para-hydroxylation sites is 1. The van der Waals surface area contributed by atoms with Crippen molar-refractivity contribution in [1.29, 1.82) is 5.26 Å². The zero-order chi connectivity index (χ0) is 13.5. The maximum Gasteiger partial charge on any atom is 0.179 e. The zero-order valence-electron chi connectivity index (χ0n) is 10.9. The minimum Gasteiger partial charge on any atom is -0.457 e. The molecule has 0 aliphatic heterocycles. The van der Waals surface area contributed by atoms with E-state index in [0.717, 1.165) is 24.5 Å². The van der Waals surface area contributed by atoms with Gasteiger partial charge in [0.05, 0.1) is 0 Å². The maximum atomic E-state index is 8.68. The predicted molar refractivity (Wildman–Crippen MR) is 74.9 cm³/mol. The van der Waals surface area contributed by atoms with Crippen molar-refractivity contribution in [3.05, 3.63) is 60.2 Å². The Morgan fingerprint density at radius 1 is 1.00 bits per heavy atom. The summed E-state index contributed by atoms with van der Waals surface area (Å²) in [5.74, 6) is 1.66. The van der Waals surface area contributed by atoms with E-state index in [1.807, 2.05) is 54.6 Å². The number of rotatable bonds is 5. The normalized spacial score (nSPS) is 9.68. The summed E-state index contributed by atoms with van der Waals surface area (Å²) in [5.41, 5.74) is 1.20. The molecule has 0 atom stereocenters. The third-order valence-corrected chi connectivity index (χ3v) is 2.81. The van der Waals surface area contributed by atoms with Gasteiger partial charge in [0.1, 0.15) is 11.5 Å². The van der Waals surface area contributed by atoms with E-state index in [4.69, 9.17) is 10.00 Å². The molecule has 0 fully saturated rings. The van der Waals surface area contributed by atoms with E-state index < -0.39 is 0 Å². The molecule has 0 radical (unpaired) electrons. The average Bonchev–Trinajstić information content (AvgIpc) is 2.47. The number of nitrogens with zero attached hydrogens (tertiary/aromatic N) is 2. The summed E-state index contributed by atoms with van der Waals surface area (Å²) < 4.78 is 5.72. The Bertz CT molecular complexity index is 543. The number of hydrogen-bond donors (Lipinski definition) is 0. The van der Waals surface area contributed by atoms with Crippen LogP contribution < -0.4 is 4.74 Å². The molecule has 3 nitrogen and oxygen atoms in total. The number of nitriles is 1. The molecule has 2 aromatic carbocycles. The zero-order valence-corrected chi connectivity index (χ0v) is 10.9. The summed E-state index contributed by atoms with van der Waals surface area (Å²) in [5, 5.41) is 8.68. The van der Waals surface area contributed by atoms with E-state index in [1.54, 1.807) is 11.9 Å². The van der Waals surface area contributed by atoms with Gasteiger partial charge >= 0.3 is 0 Å². The highest BCUT2D eigenvalue weighted by Gasteiger charge is 1.99. The minimum atomic E-state index is 0.732. The van der Waals surface area contributed by atoms with Gasteiger partial charge in [-0.3, -0.25) is 0 Å². The summed E-state index contributed by atoms with van der Waals surface area (Å²) in [7, 11) is 1.78. The highest BCUT2D eigenvalue weighted by atomic mass is 16.5. The van der Waals surface area contributed by atoms with Gasteiger partial charge in [-0.25, -0.2) is 0 Å². The Hall–Kier alpha value is -2.47. The van der Waals surface area contributed by atoms with Crippen LogP contribution in [0, 0.1) is 11.5 Å². The lowest BCUT2D eigenvalue weighted by Gasteiger charge is -2.09. The third-order valence-electron chi connectivity index (χ3n) is 2.81. The molecule has 0 aliphatic carbocycles. The van der Waals surface area contributed by atoms with Crippen molar-refractivity contribution in [3.8, 4) is 17.7 Å². The molecule has 2 aromatic rings. The van der Waals surface area contributed by atoms with Crippen LogP contribution in [-0.2, 0) is 6.42 Å². The van der Waals surface area contributed by atoms with Crippen LogP contribution >= 0.6 is 0 Å². The van der Waals surface area contributed by atoms with Gasteiger partial charge in [0.2, 0.25) is 0 Å². The van der Waals surface area contributed by atoms with Gasteiger partial charge in [0.15, 0.2) is 6.19 Å². The van der Waals surface area contributed by atoms with Crippen molar-refractivity contribution in [1.82, 2.24) is 4.90 Å². The van der Waals surface area contributed by atoms with Crippen LogP contribution in [0.1, 0.15) is 5.56 Å². The molecule has 19 heavy (non-hydrogen) atoms. The molecule has 0 bridgehead atoms. The Labute approximate surface area is 113 Å². The summed E-state index contributed by atoms with van der Waals surface area (Å²) in [6, 6.07) is 17.7. The molecule has 0 spiro atoms. The Morgan fingerprint density at radius 2 is 1.63 bits per heavy atom. The molecule has 0 saturated heterocycles. The van der Waals surface area contributed by atoms with E-state index in [0.29, 0.717) is 0 Å². The molecular weight excluding hydrogens is 236 g/mol. The second kappa shape index (κ2) is 6.46. The van der Waals surface area contributed by atoms with E-state index >= 15 is 0 Å². The lowest BCUT2D eigenvalue weighted by atomic mass is 10.1. The maximum absolute atomic E-state index is 8.68. The Morgan fingerprint density at radius 3 is 2.26 bits per heavy atom. The van der Waals surface area contributed by atoms with E-state index in [2.05, 4.69) is 6.19 Å². The quantitative estimate of drug-likeness (QED) is 0.604. The fourth-order valence-electron chi connectivity index (χ4n) is 1.70. The van der Waals surface area contributed by atoms with Gasteiger partial charge in [0.25, 0.3) is 0 Å². The van der Waals surface area contributed by atoms with E-state index in [9.17, 15) is 0 Å². The molecule has 0 unspecified atom stereocenters. The fourth-order valence-corrected chi connectivity index (χ4v) is 1.70. The largest absolute Gasteiger partial charge is 0.457 e. The molecule has 96 valence electrons. The SMILES string of the molecule is CN(C#N)CCc1ccc(Oc2ccccc2)cc1. The first-order chi connectivity index (χ1) is 9.28. The lowest BCUT2D eigenvalue weighted by Crippen LogP contribution is -2.14. The van der Waals surface area contributed by atoms with Crippen molar-refractivity contribution < 1.29 is 4.74 Å². The van der Waals surface area contributed by atoms with Gasteiger partial charge in [-0.2, -0.15) is 5.26 Å². The molecular formula is C16H16N2O. The number of benzene rings is 2. The summed E-state index contributed by atoms with van der Waals surface area (Å²) in [6.45, 7) is 0.732. The van der Waals surface area contributed by atoms with Gasteiger partial charge < -0.3 is 9.64 Å². The summed E-state index contributed by atoms with van der Waals surface area (Å²) >= 11 is 0. The Balaban J connectivity index is 1.93. The molecule has 0 amide bonds. The second-order valence-electron chi connectivity index (χ2n) is 4.33. The lowest BCUT2D eigenvalue weighted by molar-refractivity contribution is 0.475. The Kier molecular flexibility index (Phi) is 4.41. The first kappa shape index (κ1) is 13.0.